The molecule has 3 aromatic rings. The fraction of sp³-hybridized carbons (Fsp3) is 0.300. The highest BCUT2D eigenvalue weighted by Crippen LogP contribution is 2.30. The number of hydrogen-bond donors (Lipinski definition) is 2. The molecule has 1 saturated carbocycles. The van der Waals surface area contributed by atoms with Gasteiger partial charge < -0.3 is 14.9 Å². The molecule has 0 radical (unpaired) electrons. The second-order valence-electron chi connectivity index (χ2n) is 7.13. The Balaban J connectivity index is 1.37. The molecule has 0 amide bonds. The number of hydrogen-bond acceptors (Lipinski definition) is 6. The van der Waals surface area contributed by atoms with E-state index in [1.165, 1.54) is 6.07 Å². The van der Waals surface area contributed by atoms with Crippen LogP contribution in [0.25, 0.3) is 22.8 Å². The molecule has 30 heavy (non-hydrogen) atoms. The van der Waals surface area contributed by atoms with E-state index in [1.807, 2.05) is 24.3 Å². The highest BCUT2D eigenvalue weighted by molar-refractivity contribution is 5.71. The van der Waals surface area contributed by atoms with E-state index in [9.17, 15) is 18.0 Å². The second-order valence-corrected chi connectivity index (χ2v) is 7.13. The molecular formula is C20H17F3N4O3. The van der Waals surface area contributed by atoms with Crippen LogP contribution in [0.2, 0.25) is 0 Å². The number of rotatable bonds is 6. The van der Waals surface area contributed by atoms with Gasteiger partial charge in [0.15, 0.2) is 0 Å². The minimum Gasteiger partial charge on any atom is -0.481 e. The molecule has 4 rings (SSSR count). The molecule has 2 N–H and O–H groups in total. The van der Waals surface area contributed by atoms with Crippen molar-refractivity contribution in [2.75, 3.05) is 0 Å². The van der Waals surface area contributed by atoms with E-state index in [-0.39, 0.29) is 17.9 Å². The first-order valence-electron chi connectivity index (χ1n) is 9.22. The van der Waals surface area contributed by atoms with E-state index in [1.54, 1.807) is 0 Å². The lowest BCUT2D eigenvalue weighted by molar-refractivity contribution is -0.145. The summed E-state index contributed by atoms with van der Waals surface area (Å²) in [6, 6.07) is 9.73. The summed E-state index contributed by atoms with van der Waals surface area (Å²) >= 11 is 0. The average molecular weight is 418 g/mol. The first-order chi connectivity index (χ1) is 14.3. The lowest BCUT2D eigenvalue weighted by Crippen LogP contribution is -2.43. The molecule has 2 heterocycles. The third kappa shape index (κ3) is 4.33. The Morgan fingerprint density at radius 3 is 2.43 bits per heavy atom. The normalized spacial score (nSPS) is 18.8. The number of pyridine rings is 1. The van der Waals surface area contributed by atoms with Crippen LogP contribution in [0.3, 0.4) is 0 Å². The maximum Gasteiger partial charge on any atom is 0.433 e. The molecule has 0 unspecified atom stereocenters. The molecule has 1 aliphatic carbocycles. The number of carboxylic acids is 1. The molecule has 2 aromatic heterocycles. The summed E-state index contributed by atoms with van der Waals surface area (Å²) < 4.78 is 43.0. The van der Waals surface area contributed by atoms with Gasteiger partial charge in [0.05, 0.1) is 11.5 Å². The molecule has 7 nitrogen and oxygen atoms in total. The Bertz CT molecular complexity index is 1030. The van der Waals surface area contributed by atoms with E-state index in [2.05, 4.69) is 20.4 Å². The number of benzene rings is 1. The van der Waals surface area contributed by atoms with Crippen LogP contribution in [-0.2, 0) is 17.5 Å². The monoisotopic (exact) mass is 418 g/mol. The van der Waals surface area contributed by atoms with Crippen molar-refractivity contribution in [2.45, 2.75) is 31.6 Å². The number of carbonyl (C=O) groups is 1. The Hall–Kier alpha value is -3.27. The van der Waals surface area contributed by atoms with Gasteiger partial charge in [0.25, 0.3) is 5.89 Å². The first kappa shape index (κ1) is 20.0. The summed E-state index contributed by atoms with van der Waals surface area (Å²) in [5.74, 6) is -0.608. The Morgan fingerprint density at radius 2 is 1.83 bits per heavy atom. The summed E-state index contributed by atoms with van der Waals surface area (Å²) in [5, 5.41) is 16.1. The molecular weight excluding hydrogens is 401 g/mol. The maximum absolute atomic E-state index is 12.6. The highest BCUT2D eigenvalue weighted by Gasteiger charge is 2.34. The fourth-order valence-corrected chi connectivity index (χ4v) is 3.17. The van der Waals surface area contributed by atoms with Crippen molar-refractivity contribution in [3.05, 3.63) is 53.9 Å². The zero-order valence-corrected chi connectivity index (χ0v) is 15.6. The smallest absolute Gasteiger partial charge is 0.433 e. The fourth-order valence-electron chi connectivity index (χ4n) is 3.17. The zero-order valence-electron chi connectivity index (χ0n) is 15.6. The van der Waals surface area contributed by atoms with Gasteiger partial charge in [-0.05, 0) is 30.5 Å². The molecule has 0 saturated heterocycles. The molecule has 0 spiro atoms. The van der Waals surface area contributed by atoms with Crippen molar-refractivity contribution in [3.8, 4) is 22.8 Å². The largest absolute Gasteiger partial charge is 0.481 e. The summed E-state index contributed by atoms with van der Waals surface area (Å²) in [5.41, 5.74) is 1.02. The lowest BCUT2D eigenvalue weighted by atomic mass is 9.80. The van der Waals surface area contributed by atoms with Gasteiger partial charge in [0.2, 0.25) is 5.82 Å². The topological polar surface area (TPSA) is 101 Å². The van der Waals surface area contributed by atoms with Gasteiger partial charge >= 0.3 is 12.1 Å². The summed E-state index contributed by atoms with van der Waals surface area (Å²) in [6.45, 7) is 0.617. The zero-order chi connectivity index (χ0) is 21.3. The minimum absolute atomic E-state index is 0.0786. The van der Waals surface area contributed by atoms with Gasteiger partial charge in [-0.25, -0.2) is 0 Å². The molecule has 0 aliphatic heterocycles. The van der Waals surface area contributed by atoms with Crippen molar-refractivity contribution in [2.24, 2.45) is 5.92 Å². The van der Waals surface area contributed by atoms with Crippen molar-refractivity contribution < 1.29 is 27.6 Å². The molecule has 0 atom stereocenters. The Morgan fingerprint density at radius 1 is 1.13 bits per heavy atom. The molecule has 1 aromatic carbocycles. The van der Waals surface area contributed by atoms with Crippen molar-refractivity contribution in [1.29, 1.82) is 0 Å². The van der Waals surface area contributed by atoms with E-state index in [4.69, 9.17) is 9.63 Å². The van der Waals surface area contributed by atoms with E-state index >= 15 is 0 Å². The number of carboxylic acid groups (broad SMARTS) is 1. The van der Waals surface area contributed by atoms with Crippen LogP contribution in [0.1, 0.15) is 24.1 Å². The van der Waals surface area contributed by atoms with Gasteiger partial charge in [-0.15, -0.1) is 0 Å². The Labute approximate surface area is 169 Å². The van der Waals surface area contributed by atoms with Gasteiger partial charge in [-0.3, -0.25) is 9.78 Å². The van der Waals surface area contributed by atoms with Crippen LogP contribution in [-0.4, -0.2) is 32.2 Å². The Kier molecular flexibility index (Phi) is 5.25. The standard InChI is InChI=1S/C20H17F3N4O3/c21-20(22,23)16-6-5-13(10-25-16)18-26-17(27-30-18)12-3-1-11(2-4-12)9-24-15-7-14(8-15)19(28)29/h1-6,10,14-15,24H,7-9H2,(H,28,29)/t14-,15+. The predicted molar refractivity (Wildman–Crippen MR) is 99.0 cm³/mol. The highest BCUT2D eigenvalue weighted by atomic mass is 19.4. The van der Waals surface area contributed by atoms with Gasteiger partial charge in [-0.2, -0.15) is 18.2 Å². The number of nitrogens with one attached hydrogen (secondary N) is 1. The molecule has 10 heteroatoms. The van der Waals surface area contributed by atoms with Crippen LogP contribution in [0.15, 0.2) is 47.1 Å². The van der Waals surface area contributed by atoms with Gasteiger partial charge in [-0.1, -0.05) is 29.4 Å². The number of aromatic nitrogens is 3. The number of alkyl halides is 3. The summed E-state index contributed by atoms with van der Waals surface area (Å²) in [4.78, 5) is 18.4. The van der Waals surface area contributed by atoms with Crippen LogP contribution in [0.5, 0.6) is 0 Å². The van der Waals surface area contributed by atoms with Crippen LogP contribution >= 0.6 is 0 Å². The lowest BCUT2D eigenvalue weighted by Gasteiger charge is -2.33. The molecule has 0 bridgehead atoms. The van der Waals surface area contributed by atoms with Gasteiger partial charge in [0.1, 0.15) is 5.69 Å². The van der Waals surface area contributed by atoms with Crippen molar-refractivity contribution in [3.63, 3.8) is 0 Å². The van der Waals surface area contributed by atoms with Crippen molar-refractivity contribution in [1.82, 2.24) is 20.4 Å². The van der Waals surface area contributed by atoms with E-state index < -0.39 is 17.8 Å². The van der Waals surface area contributed by atoms with E-state index in [0.29, 0.717) is 36.3 Å². The number of halogens is 3. The van der Waals surface area contributed by atoms with Crippen LogP contribution in [0.4, 0.5) is 13.2 Å². The molecule has 1 aliphatic rings. The second kappa shape index (κ2) is 7.86. The third-order valence-electron chi connectivity index (χ3n) is 5.02. The molecule has 1 fully saturated rings. The quantitative estimate of drug-likeness (QED) is 0.628. The predicted octanol–water partition coefficient (Wildman–Crippen LogP) is 3.77. The first-order valence-corrected chi connectivity index (χ1v) is 9.22. The average Bonchev–Trinajstić information content (AvgIpc) is 3.16. The SMILES string of the molecule is O=C(O)[C@H]1C[C@@H](NCc2ccc(-c3noc(-c4ccc(C(F)(F)F)nc4)n3)cc2)C1. The summed E-state index contributed by atoms with van der Waals surface area (Å²) in [7, 11) is 0. The van der Waals surface area contributed by atoms with Crippen LogP contribution < -0.4 is 5.32 Å². The van der Waals surface area contributed by atoms with E-state index in [0.717, 1.165) is 17.8 Å². The van der Waals surface area contributed by atoms with Crippen LogP contribution in [0, 0.1) is 5.92 Å². The maximum atomic E-state index is 12.6. The van der Waals surface area contributed by atoms with Gasteiger partial charge in [0, 0.05) is 24.3 Å². The van der Waals surface area contributed by atoms with Crippen molar-refractivity contribution >= 4 is 5.97 Å². The number of nitrogens with zero attached hydrogens (tertiary/aromatic N) is 3. The minimum atomic E-state index is -4.51. The third-order valence-corrected chi connectivity index (χ3v) is 5.02. The number of aliphatic carboxylic acids is 1. The summed E-state index contributed by atoms with van der Waals surface area (Å²) in [6.07, 6.45) is -2.19. The molecule has 156 valence electrons.